The number of nitrogens with zero attached hydrogens (tertiary/aromatic N) is 3. The number of hydrogen-bond acceptors (Lipinski definition) is 5. The Labute approximate surface area is 144 Å². The minimum atomic E-state index is -0.0695. The Morgan fingerprint density at radius 2 is 1.91 bits per heavy atom. The summed E-state index contributed by atoms with van der Waals surface area (Å²) in [7, 11) is 0. The summed E-state index contributed by atoms with van der Waals surface area (Å²) >= 11 is 3.31. The highest BCUT2D eigenvalue weighted by Crippen LogP contribution is 2.30. The van der Waals surface area contributed by atoms with Crippen molar-refractivity contribution in [2.45, 2.75) is 36.8 Å². The van der Waals surface area contributed by atoms with Gasteiger partial charge in [-0.25, -0.2) is 4.79 Å². The highest BCUT2D eigenvalue weighted by atomic mass is 32.2. The number of carbonyl (C=O) groups excluding carboxylic acids is 1. The van der Waals surface area contributed by atoms with E-state index in [0.29, 0.717) is 10.4 Å². The van der Waals surface area contributed by atoms with Crippen molar-refractivity contribution in [1.82, 2.24) is 15.1 Å². The van der Waals surface area contributed by atoms with Crippen LogP contribution in [0.4, 0.5) is 9.93 Å². The second-order valence-electron chi connectivity index (χ2n) is 5.67. The van der Waals surface area contributed by atoms with Crippen LogP contribution in [-0.2, 0) is 0 Å². The molecule has 122 valence electrons. The monoisotopic (exact) mass is 348 g/mol. The summed E-state index contributed by atoms with van der Waals surface area (Å²) < 4.78 is 0. The van der Waals surface area contributed by atoms with Crippen LogP contribution in [0.2, 0.25) is 0 Å². The maximum atomic E-state index is 12.2. The Bertz CT molecular complexity index is 663. The third kappa shape index (κ3) is 4.45. The van der Waals surface area contributed by atoms with Crippen molar-refractivity contribution in [3.63, 3.8) is 0 Å². The first-order chi connectivity index (χ1) is 11.1. The van der Waals surface area contributed by atoms with Crippen molar-refractivity contribution in [2.75, 3.05) is 18.4 Å². The van der Waals surface area contributed by atoms with Gasteiger partial charge in [-0.05, 0) is 38.8 Å². The predicted octanol–water partition coefficient (Wildman–Crippen LogP) is 3.94. The quantitative estimate of drug-likeness (QED) is 0.912. The van der Waals surface area contributed by atoms with Gasteiger partial charge in [-0.15, -0.1) is 22.0 Å². The summed E-state index contributed by atoms with van der Waals surface area (Å²) in [5.41, 5.74) is 1.28. The number of benzene rings is 1. The van der Waals surface area contributed by atoms with E-state index >= 15 is 0 Å². The lowest BCUT2D eigenvalue weighted by atomic mass is 10.1. The smallest absolute Gasteiger partial charge is 0.323 e. The zero-order chi connectivity index (χ0) is 16.2. The van der Waals surface area contributed by atoms with E-state index in [9.17, 15) is 4.79 Å². The Morgan fingerprint density at radius 1 is 1.22 bits per heavy atom. The highest BCUT2D eigenvalue weighted by Gasteiger charge is 2.24. The van der Waals surface area contributed by atoms with Gasteiger partial charge in [0.25, 0.3) is 0 Å². The number of urea groups is 1. The van der Waals surface area contributed by atoms with Gasteiger partial charge in [0.15, 0.2) is 0 Å². The molecule has 1 aliphatic rings. The van der Waals surface area contributed by atoms with Gasteiger partial charge in [0.05, 0.1) is 0 Å². The van der Waals surface area contributed by atoms with E-state index in [4.69, 9.17) is 0 Å². The molecule has 0 radical (unpaired) electrons. The second-order valence-corrected chi connectivity index (χ2v) is 8.23. The number of aryl methyl sites for hydroxylation is 2. The van der Waals surface area contributed by atoms with Gasteiger partial charge >= 0.3 is 6.03 Å². The summed E-state index contributed by atoms with van der Waals surface area (Å²) in [6.07, 6.45) is 2.03. The molecule has 1 saturated heterocycles. The molecular formula is C16H20N4OS2. The number of anilines is 1. The summed E-state index contributed by atoms with van der Waals surface area (Å²) in [4.78, 5) is 15.4. The SMILES string of the molecule is Cc1ccc(SC2CCN(C(=O)Nc3nnc(C)s3)CC2)cc1. The number of carbonyl (C=O) groups is 1. The van der Waals surface area contributed by atoms with Crippen LogP contribution in [0.1, 0.15) is 23.4 Å². The number of amides is 2. The summed E-state index contributed by atoms with van der Waals surface area (Å²) in [6, 6.07) is 8.58. The molecule has 2 heterocycles. The molecule has 3 rings (SSSR count). The zero-order valence-electron chi connectivity index (χ0n) is 13.3. The number of aromatic nitrogens is 2. The maximum Gasteiger partial charge on any atom is 0.323 e. The number of thioether (sulfide) groups is 1. The van der Waals surface area contributed by atoms with E-state index in [1.165, 1.54) is 21.8 Å². The molecule has 0 bridgehead atoms. The van der Waals surface area contributed by atoms with Crippen molar-refractivity contribution in [2.24, 2.45) is 0 Å². The van der Waals surface area contributed by atoms with E-state index in [0.717, 1.165) is 30.9 Å². The summed E-state index contributed by atoms with van der Waals surface area (Å²) in [6.45, 7) is 5.55. The van der Waals surface area contributed by atoms with Crippen LogP contribution < -0.4 is 5.32 Å². The van der Waals surface area contributed by atoms with Crippen LogP contribution >= 0.6 is 23.1 Å². The third-order valence-corrected chi connectivity index (χ3v) is 5.90. The average Bonchev–Trinajstić information content (AvgIpc) is 2.95. The van der Waals surface area contributed by atoms with Gasteiger partial charge in [-0.2, -0.15) is 0 Å². The Hall–Kier alpha value is -1.60. The minimum absolute atomic E-state index is 0.0695. The fourth-order valence-corrected chi connectivity index (χ4v) is 4.21. The minimum Gasteiger partial charge on any atom is -0.324 e. The van der Waals surface area contributed by atoms with E-state index in [1.807, 2.05) is 23.6 Å². The Kier molecular flexibility index (Phi) is 5.17. The van der Waals surface area contributed by atoms with Crippen LogP contribution in [0, 0.1) is 13.8 Å². The molecule has 1 N–H and O–H groups in total. The molecule has 0 unspecified atom stereocenters. The lowest BCUT2D eigenvalue weighted by Crippen LogP contribution is -2.41. The number of hydrogen-bond donors (Lipinski definition) is 1. The first-order valence-electron chi connectivity index (χ1n) is 7.69. The number of nitrogens with one attached hydrogen (secondary N) is 1. The van der Waals surface area contributed by atoms with Gasteiger partial charge in [-0.3, -0.25) is 5.32 Å². The molecule has 23 heavy (non-hydrogen) atoms. The topological polar surface area (TPSA) is 58.1 Å². The van der Waals surface area contributed by atoms with Gasteiger partial charge in [0.1, 0.15) is 5.01 Å². The molecular weight excluding hydrogens is 328 g/mol. The second kappa shape index (κ2) is 7.31. The Balaban J connectivity index is 1.48. The van der Waals surface area contributed by atoms with Crippen LogP contribution in [0.15, 0.2) is 29.2 Å². The fourth-order valence-electron chi connectivity index (χ4n) is 2.50. The number of piperidine rings is 1. The van der Waals surface area contributed by atoms with Gasteiger partial charge in [0.2, 0.25) is 5.13 Å². The van der Waals surface area contributed by atoms with Crippen LogP contribution in [0.3, 0.4) is 0 Å². The first-order valence-corrected chi connectivity index (χ1v) is 9.39. The lowest BCUT2D eigenvalue weighted by Gasteiger charge is -2.31. The molecule has 1 fully saturated rings. The van der Waals surface area contributed by atoms with E-state index in [1.54, 1.807) is 0 Å². The van der Waals surface area contributed by atoms with Crippen LogP contribution in [-0.4, -0.2) is 39.5 Å². The number of rotatable bonds is 3. The van der Waals surface area contributed by atoms with E-state index in [-0.39, 0.29) is 6.03 Å². The largest absolute Gasteiger partial charge is 0.324 e. The predicted molar refractivity (Wildman–Crippen MR) is 95.3 cm³/mol. The van der Waals surface area contributed by atoms with Crippen molar-refractivity contribution in [3.05, 3.63) is 34.8 Å². The van der Waals surface area contributed by atoms with Gasteiger partial charge in [0, 0.05) is 23.2 Å². The van der Waals surface area contributed by atoms with E-state index < -0.39 is 0 Å². The highest BCUT2D eigenvalue weighted by molar-refractivity contribution is 8.00. The molecule has 1 aromatic carbocycles. The normalized spacial score (nSPS) is 15.7. The Morgan fingerprint density at radius 3 is 2.52 bits per heavy atom. The molecule has 5 nitrogen and oxygen atoms in total. The summed E-state index contributed by atoms with van der Waals surface area (Å²) in [5, 5.41) is 12.7. The van der Waals surface area contributed by atoms with Crippen LogP contribution in [0.25, 0.3) is 0 Å². The van der Waals surface area contributed by atoms with Gasteiger partial charge in [-0.1, -0.05) is 29.0 Å². The van der Waals surface area contributed by atoms with Crippen molar-refractivity contribution in [1.29, 1.82) is 0 Å². The molecule has 0 spiro atoms. The number of likely N-dealkylation sites (tertiary alicyclic amines) is 1. The standard InChI is InChI=1S/C16H20N4OS2/c1-11-3-5-13(6-4-11)23-14-7-9-20(10-8-14)16(21)17-15-19-18-12(2)22-15/h3-6,14H,7-10H2,1-2H3,(H,17,19,21). The molecule has 0 atom stereocenters. The van der Waals surface area contributed by atoms with Gasteiger partial charge < -0.3 is 4.90 Å². The molecule has 2 aromatic rings. The van der Waals surface area contributed by atoms with Crippen molar-refractivity contribution in [3.8, 4) is 0 Å². The molecule has 1 aliphatic heterocycles. The van der Waals surface area contributed by atoms with E-state index in [2.05, 4.69) is 46.7 Å². The summed E-state index contributed by atoms with van der Waals surface area (Å²) in [5.74, 6) is 0. The molecule has 0 aliphatic carbocycles. The lowest BCUT2D eigenvalue weighted by molar-refractivity contribution is 0.201. The average molecular weight is 348 g/mol. The first kappa shape index (κ1) is 16.3. The third-order valence-electron chi connectivity index (χ3n) is 3.79. The molecule has 1 aromatic heterocycles. The zero-order valence-corrected chi connectivity index (χ0v) is 14.9. The van der Waals surface area contributed by atoms with Crippen molar-refractivity contribution >= 4 is 34.3 Å². The van der Waals surface area contributed by atoms with Crippen molar-refractivity contribution < 1.29 is 4.79 Å². The fraction of sp³-hybridized carbons (Fsp3) is 0.438. The maximum absolute atomic E-state index is 12.2. The molecule has 2 amide bonds. The molecule has 0 saturated carbocycles. The van der Waals surface area contributed by atoms with Crippen LogP contribution in [0.5, 0.6) is 0 Å². The molecule has 7 heteroatoms.